The zero-order chi connectivity index (χ0) is 18.6. The third-order valence-electron chi connectivity index (χ3n) is 5.64. The summed E-state index contributed by atoms with van der Waals surface area (Å²) in [7, 11) is 0. The van der Waals surface area contributed by atoms with Crippen LogP contribution in [-0.4, -0.2) is 71.3 Å². The molecule has 4 rings (SSSR count). The van der Waals surface area contributed by atoms with E-state index in [1.807, 2.05) is 12.1 Å². The van der Waals surface area contributed by atoms with E-state index in [0.717, 1.165) is 63.5 Å². The summed E-state index contributed by atoms with van der Waals surface area (Å²) in [4.78, 5) is 17.9. The van der Waals surface area contributed by atoms with Crippen molar-refractivity contribution in [2.45, 2.75) is 32.2 Å². The number of ether oxygens (including phenoxy) is 1. The average Bonchev–Trinajstić information content (AvgIpc) is 3.19. The number of aromatic nitrogens is 2. The molecule has 144 valence electrons. The molecule has 1 aromatic carbocycles. The van der Waals surface area contributed by atoms with Gasteiger partial charge in [-0.2, -0.15) is 5.10 Å². The van der Waals surface area contributed by atoms with Gasteiger partial charge in [0.05, 0.1) is 30.7 Å². The minimum atomic E-state index is 0.0956. The van der Waals surface area contributed by atoms with E-state index < -0.39 is 0 Å². The van der Waals surface area contributed by atoms with Gasteiger partial charge in [-0.05, 0) is 32.3 Å². The second-order valence-electron chi connectivity index (χ2n) is 7.59. The fourth-order valence-corrected chi connectivity index (χ4v) is 4.16. The molecule has 0 saturated carbocycles. The number of aromatic amines is 1. The van der Waals surface area contributed by atoms with E-state index in [2.05, 4.69) is 39.1 Å². The van der Waals surface area contributed by atoms with Crippen LogP contribution in [0.5, 0.6) is 0 Å². The summed E-state index contributed by atoms with van der Waals surface area (Å²) in [6.45, 7) is 7.32. The molecule has 6 heteroatoms. The summed E-state index contributed by atoms with van der Waals surface area (Å²) < 4.78 is 5.46. The number of hydrogen-bond donors (Lipinski definition) is 1. The number of aryl methyl sites for hydroxylation is 1. The van der Waals surface area contributed by atoms with Crippen molar-refractivity contribution in [3.63, 3.8) is 0 Å². The van der Waals surface area contributed by atoms with Crippen LogP contribution in [-0.2, 0) is 4.74 Å². The number of nitrogens with one attached hydrogen (secondary N) is 1. The lowest BCUT2D eigenvalue weighted by Crippen LogP contribution is -2.51. The molecule has 2 aromatic rings. The highest BCUT2D eigenvalue weighted by molar-refractivity contribution is 6.00. The molecule has 1 atom stereocenters. The molecule has 0 aliphatic carbocycles. The lowest BCUT2D eigenvalue weighted by molar-refractivity contribution is 0.0166. The number of hydrogen-bond acceptors (Lipinski definition) is 4. The molecular weight excluding hydrogens is 340 g/mol. The van der Waals surface area contributed by atoms with Crippen LogP contribution in [0.1, 0.15) is 35.2 Å². The van der Waals surface area contributed by atoms with Crippen molar-refractivity contribution in [3.8, 4) is 11.3 Å². The summed E-state index contributed by atoms with van der Waals surface area (Å²) >= 11 is 0. The quantitative estimate of drug-likeness (QED) is 0.901. The van der Waals surface area contributed by atoms with Crippen LogP contribution in [0.3, 0.4) is 0 Å². The Labute approximate surface area is 160 Å². The van der Waals surface area contributed by atoms with E-state index in [4.69, 9.17) is 4.74 Å². The number of H-pyrrole nitrogens is 1. The van der Waals surface area contributed by atoms with Crippen LogP contribution in [0.25, 0.3) is 11.3 Å². The van der Waals surface area contributed by atoms with Gasteiger partial charge < -0.3 is 9.64 Å². The van der Waals surface area contributed by atoms with E-state index in [1.54, 1.807) is 6.20 Å². The van der Waals surface area contributed by atoms with Crippen molar-refractivity contribution in [2.24, 2.45) is 0 Å². The average molecular weight is 368 g/mol. The second-order valence-corrected chi connectivity index (χ2v) is 7.59. The number of amides is 1. The van der Waals surface area contributed by atoms with Crippen LogP contribution in [0.2, 0.25) is 0 Å². The molecule has 1 amide bonds. The summed E-state index contributed by atoms with van der Waals surface area (Å²) in [5.41, 5.74) is 3.68. The molecule has 6 nitrogen and oxygen atoms in total. The minimum absolute atomic E-state index is 0.0956. The standard InChI is InChI=1S/C21H28N4O2/c1-16-5-4-6-17(13-16)20-19(14-22-23-20)21(26)25-8-3-2-7-18(25)15-24-9-11-27-12-10-24/h4-6,13-14,18H,2-3,7-12,15H2,1H3,(H,22,23). The van der Waals surface area contributed by atoms with Crippen LogP contribution in [0.15, 0.2) is 30.5 Å². The number of carbonyl (C=O) groups excluding carboxylic acids is 1. The Hall–Kier alpha value is -2.18. The molecule has 0 bridgehead atoms. The molecule has 0 radical (unpaired) electrons. The summed E-state index contributed by atoms with van der Waals surface area (Å²) in [6, 6.07) is 8.46. The van der Waals surface area contributed by atoms with Crippen LogP contribution < -0.4 is 0 Å². The fourth-order valence-electron chi connectivity index (χ4n) is 4.16. The Kier molecular flexibility index (Phi) is 5.55. The van der Waals surface area contributed by atoms with Crippen molar-refractivity contribution < 1.29 is 9.53 Å². The van der Waals surface area contributed by atoms with Crippen LogP contribution in [0.4, 0.5) is 0 Å². The Balaban J connectivity index is 1.55. The number of piperidine rings is 1. The predicted molar refractivity (Wildman–Crippen MR) is 105 cm³/mol. The van der Waals surface area contributed by atoms with Crippen LogP contribution >= 0.6 is 0 Å². The molecule has 2 fully saturated rings. The molecule has 0 spiro atoms. The normalized spacial score (nSPS) is 21.4. The van der Waals surface area contributed by atoms with E-state index in [-0.39, 0.29) is 11.9 Å². The molecular formula is C21H28N4O2. The van der Waals surface area contributed by atoms with Gasteiger partial charge in [0.1, 0.15) is 0 Å². The Morgan fingerprint density at radius 3 is 2.93 bits per heavy atom. The van der Waals surface area contributed by atoms with Gasteiger partial charge in [0.25, 0.3) is 5.91 Å². The van der Waals surface area contributed by atoms with Gasteiger partial charge in [0.2, 0.25) is 0 Å². The molecule has 3 heterocycles. The van der Waals surface area contributed by atoms with E-state index >= 15 is 0 Å². The third-order valence-corrected chi connectivity index (χ3v) is 5.64. The van der Waals surface area contributed by atoms with E-state index in [9.17, 15) is 4.79 Å². The highest BCUT2D eigenvalue weighted by Gasteiger charge is 2.31. The summed E-state index contributed by atoms with van der Waals surface area (Å²) in [5, 5.41) is 7.23. The second kappa shape index (κ2) is 8.23. The Morgan fingerprint density at radius 1 is 1.26 bits per heavy atom. The molecule has 1 N–H and O–H groups in total. The first-order valence-electron chi connectivity index (χ1n) is 9.94. The topological polar surface area (TPSA) is 61.5 Å². The zero-order valence-electron chi connectivity index (χ0n) is 16.0. The van der Waals surface area contributed by atoms with Gasteiger partial charge in [0.15, 0.2) is 0 Å². The maximum atomic E-state index is 13.4. The molecule has 2 aliphatic heterocycles. The predicted octanol–water partition coefficient (Wildman–Crippen LogP) is 2.71. The highest BCUT2D eigenvalue weighted by Crippen LogP contribution is 2.26. The van der Waals surface area contributed by atoms with E-state index in [1.165, 1.54) is 12.0 Å². The lowest BCUT2D eigenvalue weighted by Gasteiger charge is -2.39. The third kappa shape index (κ3) is 4.06. The SMILES string of the molecule is Cc1cccc(-c2[nH]ncc2C(=O)N2CCCCC2CN2CCOCC2)c1. The molecule has 2 saturated heterocycles. The van der Waals surface area contributed by atoms with E-state index in [0.29, 0.717) is 5.56 Å². The molecule has 1 aromatic heterocycles. The van der Waals surface area contributed by atoms with Crippen molar-refractivity contribution >= 4 is 5.91 Å². The maximum Gasteiger partial charge on any atom is 0.257 e. The minimum Gasteiger partial charge on any atom is -0.379 e. The van der Waals surface area contributed by atoms with Gasteiger partial charge >= 0.3 is 0 Å². The van der Waals surface area contributed by atoms with Gasteiger partial charge in [-0.1, -0.05) is 23.8 Å². The fraction of sp³-hybridized carbons (Fsp3) is 0.524. The number of morpholine rings is 1. The smallest absolute Gasteiger partial charge is 0.257 e. The van der Waals surface area contributed by atoms with Crippen molar-refractivity contribution in [1.82, 2.24) is 20.0 Å². The lowest BCUT2D eigenvalue weighted by atomic mass is 9.99. The van der Waals surface area contributed by atoms with Crippen LogP contribution in [0, 0.1) is 6.92 Å². The number of rotatable bonds is 4. The van der Waals surface area contributed by atoms with Crippen molar-refractivity contribution in [1.29, 1.82) is 0 Å². The van der Waals surface area contributed by atoms with Gasteiger partial charge in [0, 0.05) is 37.8 Å². The number of benzene rings is 1. The van der Waals surface area contributed by atoms with Crippen molar-refractivity contribution in [2.75, 3.05) is 39.4 Å². The Bertz CT molecular complexity index is 782. The monoisotopic (exact) mass is 368 g/mol. The number of nitrogens with zero attached hydrogens (tertiary/aromatic N) is 3. The molecule has 1 unspecified atom stereocenters. The first-order chi connectivity index (χ1) is 13.2. The first kappa shape index (κ1) is 18.2. The maximum absolute atomic E-state index is 13.4. The van der Waals surface area contributed by atoms with Crippen molar-refractivity contribution in [3.05, 3.63) is 41.6 Å². The van der Waals surface area contributed by atoms with Gasteiger partial charge in [-0.3, -0.25) is 14.8 Å². The first-order valence-corrected chi connectivity index (χ1v) is 9.94. The van der Waals surface area contributed by atoms with Gasteiger partial charge in [-0.25, -0.2) is 0 Å². The number of carbonyl (C=O) groups is 1. The Morgan fingerprint density at radius 2 is 2.11 bits per heavy atom. The largest absolute Gasteiger partial charge is 0.379 e. The zero-order valence-corrected chi connectivity index (χ0v) is 16.0. The molecule has 2 aliphatic rings. The van der Waals surface area contributed by atoms with Gasteiger partial charge in [-0.15, -0.1) is 0 Å². The number of likely N-dealkylation sites (tertiary alicyclic amines) is 1. The summed E-state index contributed by atoms with van der Waals surface area (Å²) in [6.07, 6.45) is 5.01. The molecule has 27 heavy (non-hydrogen) atoms. The highest BCUT2D eigenvalue weighted by atomic mass is 16.5. The summed E-state index contributed by atoms with van der Waals surface area (Å²) in [5.74, 6) is 0.0956.